The molecule has 0 spiro atoms. The van der Waals surface area contributed by atoms with Gasteiger partial charge in [0, 0.05) is 33.0 Å². The fraction of sp³-hybridized carbons (Fsp3) is 0. The lowest BCUT2D eigenvalue weighted by Crippen LogP contribution is -2.01. The molecule has 0 atom stereocenters. The summed E-state index contributed by atoms with van der Waals surface area (Å²) in [6.07, 6.45) is 0. The Labute approximate surface area is 364 Å². The Kier molecular flexibility index (Phi) is 8.79. The molecule has 0 N–H and O–H groups in total. The van der Waals surface area contributed by atoms with Crippen LogP contribution >= 0.6 is 0 Å². The zero-order chi connectivity index (χ0) is 41.7. The summed E-state index contributed by atoms with van der Waals surface area (Å²) in [5.41, 5.74) is 13.5. The SMILES string of the molecule is c1ccc(-c2ccc(-c3nc(-c4cccc5cc(-c6ccccc6)ccc45)nc(-c4cccc5oc6c(-c7ccc(-c8cccc9ccccc89)cc7)cccc6c45)n3)cc2)cc1. The second kappa shape index (κ2) is 15.2. The van der Waals surface area contributed by atoms with Crippen molar-refractivity contribution >= 4 is 43.5 Å². The first-order valence-electron chi connectivity index (χ1n) is 21.3. The highest BCUT2D eigenvalue weighted by Gasteiger charge is 2.20. The van der Waals surface area contributed by atoms with Crippen LogP contribution < -0.4 is 0 Å². The van der Waals surface area contributed by atoms with E-state index in [0.29, 0.717) is 17.5 Å². The molecule has 4 nitrogen and oxygen atoms in total. The molecule has 12 rings (SSSR count). The molecule has 0 bridgehead atoms. The van der Waals surface area contributed by atoms with Crippen LogP contribution in [0.25, 0.3) is 122 Å². The molecule has 63 heavy (non-hydrogen) atoms. The van der Waals surface area contributed by atoms with Gasteiger partial charge in [-0.15, -0.1) is 0 Å². The molecule has 0 saturated carbocycles. The van der Waals surface area contributed by atoms with E-state index >= 15 is 0 Å². The lowest BCUT2D eigenvalue weighted by atomic mass is 9.95. The van der Waals surface area contributed by atoms with Crippen molar-refractivity contribution in [2.75, 3.05) is 0 Å². The predicted molar refractivity (Wildman–Crippen MR) is 260 cm³/mol. The topological polar surface area (TPSA) is 51.8 Å². The van der Waals surface area contributed by atoms with Gasteiger partial charge in [0.15, 0.2) is 17.5 Å². The first-order valence-corrected chi connectivity index (χ1v) is 21.3. The highest BCUT2D eigenvalue weighted by Crippen LogP contribution is 2.42. The zero-order valence-electron chi connectivity index (χ0n) is 34.1. The van der Waals surface area contributed by atoms with Gasteiger partial charge < -0.3 is 4.42 Å². The Morgan fingerprint density at radius 1 is 0.270 bits per heavy atom. The molecule has 10 aromatic carbocycles. The minimum Gasteiger partial charge on any atom is -0.455 e. The van der Waals surface area contributed by atoms with E-state index in [9.17, 15) is 0 Å². The molecular weight excluding hydrogens is 767 g/mol. The number of rotatable bonds is 7. The van der Waals surface area contributed by atoms with Crippen molar-refractivity contribution in [1.29, 1.82) is 0 Å². The van der Waals surface area contributed by atoms with Gasteiger partial charge in [0.05, 0.1) is 0 Å². The number of fused-ring (bicyclic) bond motifs is 5. The maximum Gasteiger partial charge on any atom is 0.164 e. The smallest absolute Gasteiger partial charge is 0.164 e. The summed E-state index contributed by atoms with van der Waals surface area (Å²) in [6, 6.07) is 78.7. The number of hydrogen-bond acceptors (Lipinski definition) is 4. The molecule has 0 radical (unpaired) electrons. The minimum absolute atomic E-state index is 0.582. The second-order valence-electron chi connectivity index (χ2n) is 15.9. The van der Waals surface area contributed by atoms with E-state index in [-0.39, 0.29) is 0 Å². The summed E-state index contributed by atoms with van der Waals surface area (Å²) >= 11 is 0. The molecule has 0 aliphatic carbocycles. The monoisotopic (exact) mass is 803 g/mol. The van der Waals surface area contributed by atoms with E-state index in [1.54, 1.807) is 0 Å². The third-order valence-electron chi connectivity index (χ3n) is 12.2. The van der Waals surface area contributed by atoms with Gasteiger partial charge >= 0.3 is 0 Å². The molecule has 0 aliphatic rings. The standard InChI is InChI=1S/C59H37N3O/c1-3-13-38(14-4-1)40-27-33-44(34-28-40)57-60-58(51-23-10-19-46-37-45(35-36-49(46)51)39-15-5-2-6-16-39)62-59(61-57)53-25-12-26-54-55(53)52-24-11-22-50(56(52)63-54)43-31-29-42(30-32-43)48-21-9-18-41-17-7-8-20-47(41)48/h1-37H. The molecule has 0 saturated heterocycles. The van der Waals surface area contributed by atoms with Crippen LogP contribution in [0.1, 0.15) is 0 Å². The van der Waals surface area contributed by atoms with E-state index < -0.39 is 0 Å². The van der Waals surface area contributed by atoms with Crippen molar-refractivity contribution in [3.63, 3.8) is 0 Å². The zero-order valence-corrected chi connectivity index (χ0v) is 34.1. The van der Waals surface area contributed by atoms with Crippen LogP contribution in [0.5, 0.6) is 0 Å². The lowest BCUT2D eigenvalue weighted by Gasteiger charge is -2.12. The number of furan rings is 1. The summed E-state index contributed by atoms with van der Waals surface area (Å²) in [5.74, 6) is 1.79. The molecule has 0 fully saturated rings. The quantitative estimate of drug-likeness (QED) is 0.161. The van der Waals surface area contributed by atoms with Crippen LogP contribution in [0.2, 0.25) is 0 Å². The maximum absolute atomic E-state index is 6.79. The molecule has 0 unspecified atom stereocenters. The number of para-hydroxylation sites is 1. The molecule has 2 heterocycles. The number of hydrogen-bond donors (Lipinski definition) is 0. The summed E-state index contributed by atoms with van der Waals surface area (Å²) in [5, 5.41) is 6.63. The highest BCUT2D eigenvalue weighted by molar-refractivity contribution is 6.15. The van der Waals surface area contributed by atoms with Crippen molar-refractivity contribution in [2.45, 2.75) is 0 Å². The van der Waals surface area contributed by atoms with Gasteiger partial charge in [0.2, 0.25) is 0 Å². The fourth-order valence-electron chi connectivity index (χ4n) is 9.05. The Morgan fingerprint density at radius 3 is 1.52 bits per heavy atom. The molecule has 2 aromatic heterocycles. The highest BCUT2D eigenvalue weighted by atomic mass is 16.3. The van der Waals surface area contributed by atoms with Crippen molar-refractivity contribution in [3.8, 4) is 78.7 Å². The largest absolute Gasteiger partial charge is 0.455 e. The van der Waals surface area contributed by atoms with Crippen LogP contribution in [0, 0.1) is 0 Å². The summed E-state index contributed by atoms with van der Waals surface area (Å²) < 4.78 is 6.79. The second-order valence-corrected chi connectivity index (χ2v) is 15.9. The van der Waals surface area contributed by atoms with E-state index in [0.717, 1.165) is 77.2 Å². The Bertz CT molecular complexity index is 3650. The Balaban J connectivity index is 1.00. The van der Waals surface area contributed by atoms with Gasteiger partial charge in [0.25, 0.3) is 0 Å². The first-order chi connectivity index (χ1) is 31.2. The first kappa shape index (κ1) is 36.4. The molecule has 12 aromatic rings. The number of aromatic nitrogens is 3. The van der Waals surface area contributed by atoms with E-state index in [1.165, 1.54) is 27.5 Å². The van der Waals surface area contributed by atoms with Crippen LogP contribution in [0.15, 0.2) is 229 Å². The van der Waals surface area contributed by atoms with Crippen molar-refractivity contribution < 1.29 is 4.42 Å². The summed E-state index contributed by atoms with van der Waals surface area (Å²) in [7, 11) is 0. The third kappa shape index (κ3) is 6.53. The summed E-state index contributed by atoms with van der Waals surface area (Å²) in [6.45, 7) is 0. The molecular formula is C59H37N3O. The lowest BCUT2D eigenvalue weighted by molar-refractivity contribution is 0.670. The number of benzene rings is 10. The average Bonchev–Trinajstić information content (AvgIpc) is 3.76. The van der Waals surface area contributed by atoms with Crippen LogP contribution in [0.3, 0.4) is 0 Å². The molecule has 294 valence electrons. The summed E-state index contributed by atoms with van der Waals surface area (Å²) in [4.78, 5) is 15.8. The fourth-order valence-corrected chi connectivity index (χ4v) is 9.05. The van der Waals surface area contributed by atoms with E-state index in [4.69, 9.17) is 19.4 Å². The van der Waals surface area contributed by atoms with Crippen molar-refractivity contribution in [3.05, 3.63) is 224 Å². The van der Waals surface area contributed by atoms with Crippen LogP contribution in [0.4, 0.5) is 0 Å². The van der Waals surface area contributed by atoms with Gasteiger partial charge in [0.1, 0.15) is 11.2 Å². The van der Waals surface area contributed by atoms with Crippen LogP contribution in [-0.2, 0) is 0 Å². The minimum atomic E-state index is 0.582. The van der Waals surface area contributed by atoms with Crippen molar-refractivity contribution in [1.82, 2.24) is 15.0 Å². The normalized spacial score (nSPS) is 11.5. The Hall–Kier alpha value is -8.47. The van der Waals surface area contributed by atoms with Crippen molar-refractivity contribution in [2.24, 2.45) is 0 Å². The molecule has 4 heteroatoms. The van der Waals surface area contributed by atoms with Gasteiger partial charge in [-0.05, 0) is 72.6 Å². The Morgan fingerprint density at radius 2 is 0.746 bits per heavy atom. The maximum atomic E-state index is 6.79. The number of nitrogens with zero attached hydrogens (tertiary/aromatic N) is 3. The third-order valence-corrected chi connectivity index (χ3v) is 12.2. The van der Waals surface area contributed by atoms with Gasteiger partial charge in [-0.25, -0.2) is 15.0 Å². The van der Waals surface area contributed by atoms with Crippen LogP contribution in [-0.4, -0.2) is 15.0 Å². The van der Waals surface area contributed by atoms with Gasteiger partial charge in [-0.3, -0.25) is 0 Å². The molecule has 0 amide bonds. The molecule has 0 aliphatic heterocycles. The van der Waals surface area contributed by atoms with Gasteiger partial charge in [-0.2, -0.15) is 0 Å². The van der Waals surface area contributed by atoms with E-state index in [2.05, 4.69) is 200 Å². The van der Waals surface area contributed by atoms with Gasteiger partial charge in [-0.1, -0.05) is 212 Å². The van der Waals surface area contributed by atoms with E-state index in [1.807, 2.05) is 24.3 Å². The predicted octanol–water partition coefficient (Wildman–Crippen LogP) is 15.7. The average molecular weight is 804 g/mol.